The lowest BCUT2D eigenvalue weighted by molar-refractivity contribution is -0.151. The van der Waals surface area contributed by atoms with Crippen LogP contribution in [-0.2, 0) is 20.7 Å². The van der Waals surface area contributed by atoms with Crippen molar-refractivity contribution >= 4 is 46.7 Å². The van der Waals surface area contributed by atoms with Gasteiger partial charge in [-0.2, -0.15) is 0 Å². The molecule has 0 aromatic heterocycles. The molecule has 8 heteroatoms. The fourth-order valence-corrected chi connectivity index (χ4v) is 3.20. The second kappa shape index (κ2) is 10.1. The number of carbonyl (C=O) groups is 2. The third-order valence-electron chi connectivity index (χ3n) is 4.17. The SMILES string of the molecule is CO[C@@H](C[C@@H](C)C(=O)Oc1cc(Cl)ccc1Cc1ccc(Cl)cc1Cl)C(=O)O. The molecule has 0 bridgehead atoms. The van der Waals surface area contributed by atoms with E-state index in [4.69, 9.17) is 49.4 Å². The van der Waals surface area contributed by atoms with Gasteiger partial charge in [0.05, 0.1) is 5.92 Å². The molecule has 0 saturated carbocycles. The molecule has 2 aromatic rings. The molecule has 0 unspecified atom stereocenters. The summed E-state index contributed by atoms with van der Waals surface area (Å²) in [5, 5.41) is 10.5. The number of halogens is 3. The van der Waals surface area contributed by atoms with Gasteiger partial charge in [-0.25, -0.2) is 4.79 Å². The average Bonchev–Trinajstić information content (AvgIpc) is 2.63. The standard InChI is InChI=1S/C20H19Cl3O5/c1-11(7-18(27-2)19(24)25)20(26)28-17-10-15(22)6-4-13(17)8-12-3-5-14(21)9-16(12)23/h3-6,9-11,18H,7-8H2,1-2H3,(H,24,25)/t11-,18+/m1/s1. The van der Waals surface area contributed by atoms with Gasteiger partial charge in [-0.15, -0.1) is 0 Å². The van der Waals surface area contributed by atoms with E-state index in [2.05, 4.69) is 0 Å². The Hall–Kier alpha value is -1.79. The van der Waals surface area contributed by atoms with Crippen LogP contribution in [0.1, 0.15) is 24.5 Å². The van der Waals surface area contributed by atoms with E-state index < -0.39 is 24.0 Å². The molecule has 2 rings (SSSR count). The summed E-state index contributed by atoms with van der Waals surface area (Å²) in [6, 6.07) is 10.1. The Morgan fingerprint density at radius 1 is 1.04 bits per heavy atom. The van der Waals surface area contributed by atoms with Gasteiger partial charge in [-0.05, 0) is 41.8 Å². The van der Waals surface area contributed by atoms with Gasteiger partial charge in [-0.3, -0.25) is 4.79 Å². The molecule has 0 heterocycles. The summed E-state index contributed by atoms with van der Waals surface area (Å²) >= 11 is 18.2. The zero-order valence-electron chi connectivity index (χ0n) is 15.2. The van der Waals surface area contributed by atoms with E-state index in [1.807, 2.05) is 0 Å². The van der Waals surface area contributed by atoms with Crippen molar-refractivity contribution in [2.45, 2.75) is 25.9 Å². The molecule has 0 saturated heterocycles. The number of hydrogen-bond donors (Lipinski definition) is 1. The Bertz CT molecular complexity index is 869. The Balaban J connectivity index is 2.19. The van der Waals surface area contributed by atoms with Crippen molar-refractivity contribution in [1.82, 2.24) is 0 Å². The highest BCUT2D eigenvalue weighted by Crippen LogP contribution is 2.30. The molecule has 28 heavy (non-hydrogen) atoms. The molecule has 0 aliphatic rings. The molecule has 0 aliphatic heterocycles. The Morgan fingerprint density at radius 2 is 1.64 bits per heavy atom. The van der Waals surface area contributed by atoms with Gasteiger partial charge in [0.25, 0.3) is 0 Å². The number of aliphatic carboxylic acids is 1. The van der Waals surface area contributed by atoms with E-state index in [0.29, 0.717) is 32.8 Å². The lowest BCUT2D eigenvalue weighted by atomic mass is 10.0. The van der Waals surface area contributed by atoms with Gasteiger partial charge in [-0.1, -0.05) is 53.9 Å². The number of esters is 1. The van der Waals surface area contributed by atoms with Crippen LogP contribution in [0.25, 0.3) is 0 Å². The molecule has 0 amide bonds. The van der Waals surface area contributed by atoms with E-state index in [-0.39, 0.29) is 6.42 Å². The van der Waals surface area contributed by atoms with Gasteiger partial charge in [0, 0.05) is 28.6 Å². The zero-order chi connectivity index (χ0) is 20.8. The highest BCUT2D eigenvalue weighted by molar-refractivity contribution is 6.35. The van der Waals surface area contributed by atoms with Crippen LogP contribution in [0.2, 0.25) is 15.1 Å². The summed E-state index contributed by atoms with van der Waals surface area (Å²) in [7, 11) is 1.28. The third kappa shape index (κ3) is 6.11. The lowest BCUT2D eigenvalue weighted by Gasteiger charge is -2.17. The van der Waals surface area contributed by atoms with Crippen LogP contribution in [0.5, 0.6) is 5.75 Å². The third-order valence-corrected chi connectivity index (χ3v) is 4.99. The summed E-state index contributed by atoms with van der Waals surface area (Å²) in [5.74, 6) is -2.11. The van der Waals surface area contributed by atoms with Crippen LogP contribution < -0.4 is 4.74 Å². The zero-order valence-corrected chi connectivity index (χ0v) is 17.5. The minimum Gasteiger partial charge on any atom is -0.479 e. The maximum absolute atomic E-state index is 12.5. The van der Waals surface area contributed by atoms with Crippen molar-refractivity contribution < 1.29 is 24.2 Å². The molecule has 1 N–H and O–H groups in total. The van der Waals surface area contributed by atoms with Crippen molar-refractivity contribution in [1.29, 1.82) is 0 Å². The number of ether oxygens (including phenoxy) is 2. The number of carbonyl (C=O) groups excluding carboxylic acids is 1. The first-order valence-corrected chi connectivity index (χ1v) is 9.54. The van der Waals surface area contributed by atoms with Crippen LogP contribution >= 0.6 is 34.8 Å². The van der Waals surface area contributed by atoms with Crippen LogP contribution in [0.4, 0.5) is 0 Å². The average molecular weight is 446 g/mol. The van der Waals surface area contributed by atoms with E-state index in [9.17, 15) is 9.59 Å². The normalized spacial score (nSPS) is 13.0. The van der Waals surface area contributed by atoms with Crippen LogP contribution in [-0.4, -0.2) is 30.3 Å². The molecular formula is C20H19Cl3O5. The van der Waals surface area contributed by atoms with E-state index in [0.717, 1.165) is 5.56 Å². The summed E-state index contributed by atoms with van der Waals surface area (Å²) in [4.78, 5) is 23.5. The first-order chi connectivity index (χ1) is 13.2. The second-order valence-corrected chi connectivity index (χ2v) is 7.57. The van der Waals surface area contributed by atoms with Crippen molar-refractivity contribution in [2.24, 2.45) is 5.92 Å². The van der Waals surface area contributed by atoms with E-state index in [1.165, 1.54) is 13.2 Å². The number of benzene rings is 2. The molecule has 0 aliphatic carbocycles. The fraction of sp³-hybridized carbons (Fsp3) is 0.300. The molecular weight excluding hydrogens is 427 g/mol. The molecule has 0 spiro atoms. The summed E-state index contributed by atoms with van der Waals surface area (Å²) < 4.78 is 10.4. The largest absolute Gasteiger partial charge is 0.479 e. The van der Waals surface area contributed by atoms with Gasteiger partial charge in [0.1, 0.15) is 5.75 Å². The maximum Gasteiger partial charge on any atom is 0.332 e. The topological polar surface area (TPSA) is 72.8 Å². The number of methoxy groups -OCH3 is 1. The summed E-state index contributed by atoms with van der Waals surface area (Å²) in [6.07, 6.45) is -0.696. The molecule has 2 atom stereocenters. The minimum absolute atomic E-state index is 0.0103. The molecule has 150 valence electrons. The van der Waals surface area contributed by atoms with Crippen molar-refractivity contribution in [3.05, 3.63) is 62.6 Å². The predicted octanol–water partition coefficient (Wildman–Crippen LogP) is 5.27. The first kappa shape index (κ1) is 22.5. The smallest absolute Gasteiger partial charge is 0.332 e. The van der Waals surface area contributed by atoms with Crippen LogP contribution in [0, 0.1) is 5.92 Å². The quantitative estimate of drug-likeness (QED) is 0.443. The van der Waals surface area contributed by atoms with Crippen molar-refractivity contribution in [2.75, 3.05) is 7.11 Å². The van der Waals surface area contributed by atoms with Crippen LogP contribution in [0.15, 0.2) is 36.4 Å². The van der Waals surface area contributed by atoms with Gasteiger partial charge in [0.2, 0.25) is 0 Å². The maximum atomic E-state index is 12.5. The van der Waals surface area contributed by atoms with Crippen molar-refractivity contribution in [3.8, 4) is 5.75 Å². The molecule has 5 nitrogen and oxygen atoms in total. The Labute approximate surface area is 178 Å². The first-order valence-electron chi connectivity index (χ1n) is 8.41. The fourth-order valence-electron chi connectivity index (χ4n) is 2.56. The minimum atomic E-state index is -1.14. The van der Waals surface area contributed by atoms with Gasteiger partial charge >= 0.3 is 11.9 Å². The summed E-state index contributed by atoms with van der Waals surface area (Å²) in [6.45, 7) is 1.58. The van der Waals surface area contributed by atoms with Crippen molar-refractivity contribution in [3.63, 3.8) is 0 Å². The van der Waals surface area contributed by atoms with E-state index >= 15 is 0 Å². The highest BCUT2D eigenvalue weighted by Gasteiger charge is 2.26. The number of rotatable bonds is 8. The molecule has 0 fully saturated rings. The lowest BCUT2D eigenvalue weighted by Crippen LogP contribution is -2.29. The Morgan fingerprint density at radius 3 is 2.21 bits per heavy atom. The number of carboxylic acids is 1. The number of carboxylic acid groups (broad SMARTS) is 1. The van der Waals surface area contributed by atoms with E-state index in [1.54, 1.807) is 37.3 Å². The highest BCUT2D eigenvalue weighted by atomic mass is 35.5. The molecule has 2 aromatic carbocycles. The second-order valence-electron chi connectivity index (χ2n) is 6.28. The van der Waals surface area contributed by atoms with Gasteiger partial charge in [0.15, 0.2) is 6.10 Å². The molecule has 0 radical (unpaired) electrons. The Kier molecular flexibility index (Phi) is 8.13. The summed E-state index contributed by atoms with van der Waals surface area (Å²) in [5.41, 5.74) is 1.51. The predicted molar refractivity (Wildman–Crippen MR) is 109 cm³/mol. The number of hydrogen-bond acceptors (Lipinski definition) is 4. The van der Waals surface area contributed by atoms with Gasteiger partial charge < -0.3 is 14.6 Å². The van der Waals surface area contributed by atoms with Crippen LogP contribution in [0.3, 0.4) is 0 Å². The monoisotopic (exact) mass is 444 g/mol.